The predicted molar refractivity (Wildman–Crippen MR) is 79.7 cm³/mol. The van der Waals surface area contributed by atoms with E-state index in [4.69, 9.17) is 0 Å². The topological polar surface area (TPSA) is 12.0 Å². The van der Waals surface area contributed by atoms with E-state index < -0.39 is 29.5 Å². The van der Waals surface area contributed by atoms with E-state index in [1.54, 1.807) is 30.3 Å². The summed E-state index contributed by atoms with van der Waals surface area (Å²) in [5.74, 6) is -5.91. The van der Waals surface area contributed by atoms with Crippen LogP contribution >= 0.6 is 12.4 Å². The Kier molecular flexibility index (Phi) is 4.98. The Morgan fingerprint density at radius 3 is 1.74 bits per heavy atom. The Hall–Kier alpha value is -0.880. The Morgan fingerprint density at radius 2 is 1.35 bits per heavy atom. The molecule has 7 heteroatoms. The largest absolute Gasteiger partial charge is 0.455 e. The number of benzene rings is 1. The Labute approximate surface area is 138 Å². The van der Waals surface area contributed by atoms with Gasteiger partial charge in [0.1, 0.15) is 0 Å². The van der Waals surface area contributed by atoms with Gasteiger partial charge in [-0.25, -0.2) is 0 Å². The van der Waals surface area contributed by atoms with Crippen molar-refractivity contribution in [2.24, 2.45) is 11.8 Å². The van der Waals surface area contributed by atoms with Gasteiger partial charge in [-0.15, -0.1) is 12.4 Å². The van der Waals surface area contributed by atoms with Crippen LogP contribution in [0.3, 0.4) is 0 Å². The highest BCUT2D eigenvalue weighted by molar-refractivity contribution is 5.85. The molecule has 2 aliphatic carbocycles. The predicted octanol–water partition coefficient (Wildman–Crippen LogP) is 4.95. The minimum absolute atomic E-state index is 0. The van der Waals surface area contributed by atoms with Crippen LogP contribution in [0.25, 0.3) is 0 Å². The molecule has 0 spiro atoms. The van der Waals surface area contributed by atoms with Crippen LogP contribution in [0.2, 0.25) is 0 Å². The van der Waals surface area contributed by atoms with Crippen LogP contribution in [0.5, 0.6) is 0 Å². The van der Waals surface area contributed by atoms with Crippen LogP contribution in [0.4, 0.5) is 22.0 Å². The molecular weight excluding hydrogens is 337 g/mol. The maximum absolute atomic E-state index is 14.3. The fourth-order valence-electron chi connectivity index (χ4n) is 3.40. The van der Waals surface area contributed by atoms with E-state index in [0.717, 1.165) is 0 Å². The molecule has 2 fully saturated rings. The standard InChI is InChI=1S/C16H18F5N.ClH/c17-15(18,16(19,20)21)14(12-6-7-12,13-8-9-13)22-10-11-4-2-1-3-5-11;/h1-5,12-13,22H,6-10H2;1H. The summed E-state index contributed by atoms with van der Waals surface area (Å²) in [6.45, 7) is 0.0273. The van der Waals surface area contributed by atoms with Gasteiger partial charge in [0.05, 0.1) is 5.54 Å². The third-order valence-electron chi connectivity index (χ3n) is 4.75. The van der Waals surface area contributed by atoms with Crippen molar-refractivity contribution < 1.29 is 22.0 Å². The second-order valence-electron chi connectivity index (χ2n) is 6.33. The zero-order valence-electron chi connectivity index (χ0n) is 12.4. The fourth-order valence-corrected chi connectivity index (χ4v) is 3.40. The maximum Gasteiger partial charge on any atom is 0.455 e. The summed E-state index contributed by atoms with van der Waals surface area (Å²) >= 11 is 0. The lowest BCUT2D eigenvalue weighted by atomic mass is 9.80. The molecule has 0 atom stereocenters. The number of alkyl halides is 5. The molecule has 130 valence electrons. The van der Waals surface area contributed by atoms with Crippen molar-refractivity contribution in [2.45, 2.75) is 49.9 Å². The zero-order valence-corrected chi connectivity index (χ0v) is 13.2. The van der Waals surface area contributed by atoms with Gasteiger partial charge in [-0.05, 0) is 43.1 Å². The Morgan fingerprint density at radius 1 is 0.870 bits per heavy atom. The second kappa shape index (κ2) is 6.20. The molecule has 3 rings (SSSR count). The Bertz CT molecular complexity index is 511. The minimum atomic E-state index is -5.53. The van der Waals surface area contributed by atoms with Crippen LogP contribution in [0, 0.1) is 11.8 Å². The Balaban J connectivity index is 0.00000192. The van der Waals surface area contributed by atoms with Crippen molar-refractivity contribution >= 4 is 12.4 Å². The third kappa shape index (κ3) is 3.20. The molecule has 1 aromatic carbocycles. The van der Waals surface area contributed by atoms with E-state index in [9.17, 15) is 22.0 Å². The van der Waals surface area contributed by atoms with Gasteiger partial charge in [0, 0.05) is 6.54 Å². The van der Waals surface area contributed by atoms with Gasteiger partial charge in [0.15, 0.2) is 0 Å². The molecule has 0 aliphatic heterocycles. The molecule has 2 aliphatic rings. The van der Waals surface area contributed by atoms with Crippen LogP contribution < -0.4 is 5.32 Å². The molecular formula is C16H19ClF5N. The maximum atomic E-state index is 14.3. The summed E-state index contributed by atoms with van der Waals surface area (Å²) in [6.07, 6.45) is -3.79. The molecule has 0 amide bonds. The summed E-state index contributed by atoms with van der Waals surface area (Å²) < 4.78 is 67.8. The van der Waals surface area contributed by atoms with Crippen molar-refractivity contribution in [3.05, 3.63) is 35.9 Å². The summed E-state index contributed by atoms with van der Waals surface area (Å²) in [5.41, 5.74) is -1.44. The number of rotatable bonds is 6. The average Bonchev–Trinajstić information content (AvgIpc) is 3.32. The highest BCUT2D eigenvalue weighted by Crippen LogP contribution is 2.61. The van der Waals surface area contributed by atoms with E-state index in [0.29, 0.717) is 31.2 Å². The monoisotopic (exact) mass is 355 g/mol. The van der Waals surface area contributed by atoms with Crippen molar-refractivity contribution in [3.8, 4) is 0 Å². The van der Waals surface area contributed by atoms with E-state index in [-0.39, 0.29) is 19.0 Å². The normalized spacial score (nSPS) is 19.3. The first kappa shape index (κ1) is 18.5. The molecule has 1 nitrogen and oxygen atoms in total. The van der Waals surface area contributed by atoms with E-state index >= 15 is 0 Å². The molecule has 0 aromatic heterocycles. The van der Waals surface area contributed by atoms with Gasteiger partial charge in [-0.1, -0.05) is 30.3 Å². The lowest BCUT2D eigenvalue weighted by Gasteiger charge is -2.43. The lowest BCUT2D eigenvalue weighted by molar-refractivity contribution is -0.318. The van der Waals surface area contributed by atoms with Gasteiger partial charge < -0.3 is 5.32 Å². The minimum Gasteiger partial charge on any atom is -0.301 e. The fraction of sp³-hybridized carbons (Fsp3) is 0.625. The van der Waals surface area contributed by atoms with Crippen molar-refractivity contribution in [1.82, 2.24) is 5.32 Å². The average molecular weight is 356 g/mol. The third-order valence-corrected chi connectivity index (χ3v) is 4.75. The van der Waals surface area contributed by atoms with E-state index in [2.05, 4.69) is 5.32 Å². The molecule has 0 heterocycles. The van der Waals surface area contributed by atoms with Crippen LogP contribution in [-0.2, 0) is 6.54 Å². The van der Waals surface area contributed by atoms with Gasteiger partial charge >= 0.3 is 12.1 Å². The molecule has 1 aromatic rings. The zero-order chi connectivity index (χ0) is 16.0. The molecule has 0 saturated heterocycles. The lowest BCUT2D eigenvalue weighted by Crippen LogP contribution is -2.67. The highest BCUT2D eigenvalue weighted by Gasteiger charge is 2.76. The first-order valence-electron chi connectivity index (χ1n) is 7.52. The summed E-state index contributed by atoms with van der Waals surface area (Å²) in [4.78, 5) is 0. The van der Waals surface area contributed by atoms with Crippen molar-refractivity contribution in [2.75, 3.05) is 0 Å². The number of hydrogen-bond donors (Lipinski definition) is 1. The van der Waals surface area contributed by atoms with Gasteiger partial charge in [0.2, 0.25) is 0 Å². The van der Waals surface area contributed by atoms with Gasteiger partial charge in [-0.2, -0.15) is 22.0 Å². The number of hydrogen-bond acceptors (Lipinski definition) is 1. The molecule has 1 N–H and O–H groups in total. The highest BCUT2D eigenvalue weighted by atomic mass is 35.5. The smallest absolute Gasteiger partial charge is 0.301 e. The first-order valence-corrected chi connectivity index (χ1v) is 7.52. The number of halogens is 6. The first-order chi connectivity index (χ1) is 10.3. The van der Waals surface area contributed by atoms with Crippen LogP contribution in [0.1, 0.15) is 31.2 Å². The van der Waals surface area contributed by atoms with E-state index in [1.165, 1.54) is 0 Å². The van der Waals surface area contributed by atoms with Crippen LogP contribution in [-0.4, -0.2) is 17.6 Å². The summed E-state index contributed by atoms with van der Waals surface area (Å²) in [5, 5.41) is 2.65. The molecule has 0 unspecified atom stereocenters. The molecule has 23 heavy (non-hydrogen) atoms. The van der Waals surface area contributed by atoms with E-state index in [1.807, 2.05) is 0 Å². The quantitative estimate of drug-likeness (QED) is 0.712. The summed E-state index contributed by atoms with van der Waals surface area (Å²) in [6, 6.07) is 8.72. The molecule has 0 bridgehead atoms. The second-order valence-corrected chi connectivity index (χ2v) is 6.33. The van der Waals surface area contributed by atoms with Crippen LogP contribution in [0.15, 0.2) is 30.3 Å². The van der Waals surface area contributed by atoms with Crippen molar-refractivity contribution in [1.29, 1.82) is 0 Å². The molecule has 2 saturated carbocycles. The van der Waals surface area contributed by atoms with Gasteiger partial charge in [-0.3, -0.25) is 0 Å². The van der Waals surface area contributed by atoms with Crippen molar-refractivity contribution in [3.63, 3.8) is 0 Å². The number of nitrogens with one attached hydrogen (secondary N) is 1. The summed E-state index contributed by atoms with van der Waals surface area (Å²) in [7, 11) is 0. The van der Waals surface area contributed by atoms with Gasteiger partial charge in [0.25, 0.3) is 0 Å². The molecule has 0 radical (unpaired) electrons. The SMILES string of the molecule is Cl.FC(F)(F)C(F)(F)C(NCc1ccccc1)(C1CC1)C1CC1.